The number of benzene rings is 2. The average molecular weight is 502 g/mol. The zero-order chi connectivity index (χ0) is 25.4. The van der Waals surface area contributed by atoms with Gasteiger partial charge in [0.15, 0.2) is 0 Å². The van der Waals surface area contributed by atoms with Crippen LogP contribution in [-0.2, 0) is 14.8 Å². The lowest BCUT2D eigenvalue weighted by Crippen LogP contribution is -2.83. The summed E-state index contributed by atoms with van der Waals surface area (Å²) < 4.78 is 38.0. The van der Waals surface area contributed by atoms with Crippen LogP contribution >= 0.6 is 0 Å². The van der Waals surface area contributed by atoms with Gasteiger partial charge in [-0.2, -0.15) is 14.1 Å². The highest BCUT2D eigenvalue weighted by Gasteiger charge is 2.30. The highest BCUT2D eigenvalue weighted by Crippen LogP contribution is 2.23. The number of ether oxygens (including phenoxy) is 1. The normalized spacial score (nSPS) is 15.4. The number of hydrogen-bond acceptors (Lipinski definition) is 8. The van der Waals surface area contributed by atoms with Gasteiger partial charge in [0.05, 0.1) is 15.8 Å². The number of primary amides is 1. The number of aromatic nitrogens is 1. The van der Waals surface area contributed by atoms with Gasteiger partial charge in [-0.05, 0) is 45.9 Å². The number of hydrogen-bond donors (Lipinski definition) is 1. The molecule has 2 aromatic carbocycles. The molecule has 1 fully saturated rings. The molecular weight excluding hydrogens is 472 g/mol. The molecule has 4 rings (SSSR count). The molecule has 1 aliphatic rings. The first-order valence-corrected chi connectivity index (χ1v) is 12.7. The van der Waals surface area contributed by atoms with Gasteiger partial charge in [-0.3, -0.25) is 0 Å². The molecule has 1 aromatic heterocycles. The van der Waals surface area contributed by atoms with Crippen LogP contribution in [0.25, 0.3) is 10.9 Å². The lowest BCUT2D eigenvalue weighted by molar-refractivity contribution is -0.486. The number of nitrogens with two attached hydrogens (primary N) is 1. The molecule has 3 aromatic rings. The van der Waals surface area contributed by atoms with E-state index in [0.29, 0.717) is 29.9 Å². The lowest BCUT2D eigenvalue weighted by atomic mass is 10.1. The highest BCUT2D eigenvalue weighted by atomic mass is 32.2. The number of amides is 1. The molecule has 1 saturated heterocycles. The minimum absolute atomic E-state index is 0.141. The van der Waals surface area contributed by atoms with Crippen LogP contribution in [0.3, 0.4) is 0 Å². The number of fused-ring (bicyclic) bond motifs is 1. The summed E-state index contributed by atoms with van der Waals surface area (Å²) in [5.74, 6) is 0. The maximum Gasteiger partial charge on any atom is 0.518 e. The van der Waals surface area contributed by atoms with Gasteiger partial charge in [0.2, 0.25) is 10.0 Å². The van der Waals surface area contributed by atoms with Crippen LogP contribution in [0.4, 0.5) is 16.5 Å². The quantitative estimate of drug-likeness (QED) is 0.539. The molecule has 1 aliphatic heterocycles. The third kappa shape index (κ3) is 5.37. The summed E-state index contributed by atoms with van der Waals surface area (Å²) in [5.41, 5.74) is 0.363. The Hall–Kier alpha value is -3.28. The van der Waals surface area contributed by atoms with Crippen LogP contribution in [0, 0.1) is 6.92 Å². The van der Waals surface area contributed by atoms with E-state index in [0.717, 1.165) is 0 Å². The van der Waals surface area contributed by atoms with Crippen molar-refractivity contribution >= 4 is 38.7 Å². The Labute approximate surface area is 203 Å². The van der Waals surface area contributed by atoms with Gasteiger partial charge in [0.25, 0.3) is 0 Å². The van der Waals surface area contributed by atoms with E-state index in [1.54, 1.807) is 75.1 Å². The minimum atomic E-state index is -3.59. The van der Waals surface area contributed by atoms with E-state index in [9.17, 15) is 18.0 Å². The van der Waals surface area contributed by atoms with Crippen LogP contribution in [0.1, 0.15) is 26.3 Å². The fraction of sp³-hybridized carbons (Fsp3) is 0.375. The molecule has 10 nitrogen and oxygen atoms in total. The second-order valence-corrected chi connectivity index (χ2v) is 11.3. The Bertz CT molecular complexity index is 1410. The Kier molecular flexibility index (Phi) is 6.67. The molecule has 0 radical (unpaired) electrons. The van der Waals surface area contributed by atoms with Crippen molar-refractivity contribution in [3.05, 3.63) is 58.4 Å². The molecule has 35 heavy (non-hydrogen) atoms. The first-order valence-electron chi connectivity index (χ1n) is 11.3. The van der Waals surface area contributed by atoms with E-state index in [-0.39, 0.29) is 29.4 Å². The Morgan fingerprint density at radius 3 is 2.34 bits per heavy atom. The number of quaternary nitrogens is 1. The highest BCUT2D eigenvalue weighted by molar-refractivity contribution is 7.89. The maximum atomic E-state index is 12.9. The van der Waals surface area contributed by atoms with Crippen molar-refractivity contribution in [3.63, 3.8) is 0 Å². The molecule has 0 saturated carbocycles. The summed E-state index contributed by atoms with van der Waals surface area (Å²) >= 11 is 0. The summed E-state index contributed by atoms with van der Waals surface area (Å²) in [6.45, 7) is 8.21. The van der Waals surface area contributed by atoms with Gasteiger partial charge in [-0.25, -0.2) is 18.5 Å². The minimum Gasteiger partial charge on any atom is -0.414 e. The first-order chi connectivity index (χ1) is 16.5. The molecule has 1 amide bonds. The van der Waals surface area contributed by atoms with Crippen molar-refractivity contribution < 1.29 is 27.7 Å². The van der Waals surface area contributed by atoms with Crippen LogP contribution in [0.5, 0.6) is 0 Å². The molecule has 11 heteroatoms. The average Bonchev–Trinajstić information content (AvgIpc) is 2.80. The number of sulfonamides is 1. The Balaban J connectivity index is 1.53. The fourth-order valence-electron chi connectivity index (χ4n) is 3.94. The van der Waals surface area contributed by atoms with Crippen molar-refractivity contribution in [3.8, 4) is 0 Å². The predicted octanol–water partition coefficient (Wildman–Crippen LogP) is 2.14. The fourth-order valence-corrected chi connectivity index (χ4v) is 5.38. The molecule has 2 N–H and O–H groups in total. The number of carbonyl (C=O) groups excluding carboxylic acids is 1. The third-order valence-corrected chi connectivity index (χ3v) is 7.57. The van der Waals surface area contributed by atoms with Crippen molar-refractivity contribution in [1.82, 2.24) is 9.29 Å². The molecule has 0 spiro atoms. The van der Waals surface area contributed by atoms with Crippen molar-refractivity contribution in [2.75, 3.05) is 31.1 Å². The van der Waals surface area contributed by atoms with E-state index in [2.05, 4.69) is 4.98 Å². The molecule has 186 valence electrons. The van der Waals surface area contributed by atoms with E-state index in [1.807, 2.05) is 0 Å². The standard InChI is InChI=1S/C24H28N4O6S/c1-16-18(26-23(30)34-24(2,3)4)10-11-19-20(16)21(29)33-22(25-19)27-12-14-28(15-13-27)35(31,32)17-8-6-5-7-9-17/h5-11H,12-15H2,1-4H3,(H,26,30)/p+1. The number of nitrogens with zero attached hydrogens (tertiary/aromatic N) is 3. The lowest BCUT2D eigenvalue weighted by Gasteiger charge is -2.33. The van der Waals surface area contributed by atoms with Crippen molar-refractivity contribution in [2.24, 2.45) is 0 Å². The van der Waals surface area contributed by atoms with Crippen LogP contribution in [0.15, 0.2) is 56.6 Å². The summed E-state index contributed by atoms with van der Waals surface area (Å²) in [4.78, 5) is 31.6. The van der Waals surface area contributed by atoms with E-state index in [1.165, 1.54) is 9.62 Å². The van der Waals surface area contributed by atoms with E-state index in [4.69, 9.17) is 9.15 Å². The zero-order valence-corrected chi connectivity index (χ0v) is 21.0. The number of aryl methyl sites for hydroxylation is 1. The topological polar surface area (TPSA) is 127 Å². The van der Waals surface area contributed by atoms with E-state index >= 15 is 0 Å². The first kappa shape index (κ1) is 24.8. The molecule has 0 bridgehead atoms. The summed E-state index contributed by atoms with van der Waals surface area (Å²) in [6.07, 6.45) is -0.503. The van der Waals surface area contributed by atoms with Gasteiger partial charge in [0, 0.05) is 37.8 Å². The monoisotopic (exact) mass is 501 g/mol. The molecule has 0 unspecified atom stereocenters. The SMILES string of the molecule is Cc1c([NH2+]C(=O)OC(C)(C)C)ccc2nc(N3CCN(S(=O)(=O)c4ccccc4)CC3)oc(=O)c12. The maximum absolute atomic E-state index is 12.9. The molecule has 2 heterocycles. The smallest absolute Gasteiger partial charge is 0.414 e. The summed E-state index contributed by atoms with van der Waals surface area (Å²) in [6, 6.07) is 11.8. The third-order valence-electron chi connectivity index (χ3n) is 5.66. The summed E-state index contributed by atoms with van der Waals surface area (Å²) in [7, 11) is -3.59. The number of rotatable bonds is 4. The molecule has 0 aliphatic carbocycles. The van der Waals surface area contributed by atoms with Crippen molar-refractivity contribution in [2.45, 2.75) is 38.2 Å². The van der Waals surface area contributed by atoms with Gasteiger partial charge < -0.3 is 14.1 Å². The number of anilines is 1. The van der Waals surface area contributed by atoms with Gasteiger partial charge in [0.1, 0.15) is 11.3 Å². The van der Waals surface area contributed by atoms with Crippen LogP contribution in [0.2, 0.25) is 0 Å². The zero-order valence-electron chi connectivity index (χ0n) is 20.1. The predicted molar refractivity (Wildman–Crippen MR) is 130 cm³/mol. The Morgan fingerprint density at radius 2 is 1.71 bits per heavy atom. The largest absolute Gasteiger partial charge is 0.518 e. The number of carbonyl (C=O) groups is 1. The van der Waals surface area contributed by atoms with Gasteiger partial charge in [-0.1, -0.05) is 18.2 Å². The second kappa shape index (κ2) is 9.40. The second-order valence-electron chi connectivity index (χ2n) is 9.34. The van der Waals surface area contributed by atoms with Crippen LogP contribution < -0.4 is 15.8 Å². The van der Waals surface area contributed by atoms with Gasteiger partial charge >= 0.3 is 17.7 Å². The molecular formula is C24H29N4O6S+. The molecule has 0 atom stereocenters. The Morgan fingerprint density at radius 1 is 1.06 bits per heavy atom. The number of piperazine rings is 1. The van der Waals surface area contributed by atoms with E-state index < -0.39 is 27.3 Å². The summed E-state index contributed by atoms with van der Waals surface area (Å²) in [5, 5.41) is 1.64. The van der Waals surface area contributed by atoms with Gasteiger partial charge in [-0.15, -0.1) is 0 Å². The van der Waals surface area contributed by atoms with Crippen molar-refractivity contribution in [1.29, 1.82) is 0 Å². The van der Waals surface area contributed by atoms with Crippen LogP contribution in [-0.4, -0.2) is 55.6 Å².